The summed E-state index contributed by atoms with van der Waals surface area (Å²) in [5, 5.41) is 0.438. The Morgan fingerprint density at radius 1 is 1.14 bits per heavy atom. The first-order valence-corrected chi connectivity index (χ1v) is 9.07. The largest absolute Gasteiger partial charge is 0.427 e. The topological polar surface area (TPSA) is 81.0 Å². The first-order valence-electron chi connectivity index (χ1n) is 8.70. The number of hydrogen-bond acceptors (Lipinski definition) is 5. The Kier molecular flexibility index (Phi) is 4.60. The molecular formula is C20H16ClN3O4. The number of rotatable bonds is 2. The zero-order valence-corrected chi connectivity index (χ0v) is 15.8. The fourth-order valence-electron chi connectivity index (χ4n) is 3.26. The van der Waals surface area contributed by atoms with Crippen LogP contribution in [0.1, 0.15) is 28.5 Å². The van der Waals surface area contributed by atoms with Crippen molar-refractivity contribution in [2.24, 2.45) is 0 Å². The Labute approximate surface area is 165 Å². The van der Waals surface area contributed by atoms with Gasteiger partial charge in [-0.15, -0.1) is 0 Å². The molecule has 0 saturated carbocycles. The summed E-state index contributed by atoms with van der Waals surface area (Å²) >= 11 is 5.99. The van der Waals surface area contributed by atoms with Crippen LogP contribution in [0.4, 0.5) is 0 Å². The van der Waals surface area contributed by atoms with Crippen LogP contribution in [-0.4, -0.2) is 32.7 Å². The summed E-state index contributed by atoms with van der Waals surface area (Å²) in [6.07, 6.45) is 2.03. The Balaban J connectivity index is 1.62. The number of amides is 1. The van der Waals surface area contributed by atoms with Gasteiger partial charge in [0, 0.05) is 31.6 Å². The van der Waals surface area contributed by atoms with E-state index in [1.165, 1.54) is 17.5 Å². The van der Waals surface area contributed by atoms with Gasteiger partial charge in [0.2, 0.25) is 0 Å². The van der Waals surface area contributed by atoms with Crippen LogP contribution in [0.5, 0.6) is 5.75 Å². The molecule has 4 rings (SSSR count). The van der Waals surface area contributed by atoms with Gasteiger partial charge in [-0.1, -0.05) is 11.6 Å². The SMILES string of the molecule is CC(=O)Oc1ccc(C(=O)N2CCc3nc4ccc(Cl)cn4c(=O)c3C2)cc1. The van der Waals surface area contributed by atoms with E-state index in [2.05, 4.69) is 4.98 Å². The van der Waals surface area contributed by atoms with Gasteiger partial charge in [0.25, 0.3) is 11.5 Å². The third-order valence-corrected chi connectivity index (χ3v) is 4.81. The highest BCUT2D eigenvalue weighted by Gasteiger charge is 2.25. The summed E-state index contributed by atoms with van der Waals surface area (Å²) in [6.45, 7) is 1.96. The summed E-state index contributed by atoms with van der Waals surface area (Å²) in [6, 6.07) is 9.72. The number of fused-ring (bicyclic) bond motifs is 2. The average Bonchev–Trinajstić information content (AvgIpc) is 2.68. The first kappa shape index (κ1) is 18.2. The molecule has 3 aromatic rings. The minimum atomic E-state index is -0.424. The number of halogens is 1. The molecule has 0 fully saturated rings. The molecular weight excluding hydrogens is 382 g/mol. The van der Waals surface area contributed by atoms with E-state index < -0.39 is 5.97 Å². The lowest BCUT2D eigenvalue weighted by molar-refractivity contribution is -0.131. The first-order chi connectivity index (χ1) is 13.4. The normalized spacial score (nSPS) is 13.3. The van der Waals surface area contributed by atoms with E-state index in [4.69, 9.17) is 16.3 Å². The standard InChI is InChI=1S/C20H16ClN3O4/c1-12(25)28-15-5-2-13(3-6-15)19(26)23-9-8-17-16(11-23)20(27)24-10-14(21)4-7-18(24)22-17/h2-7,10H,8-9,11H2,1H3. The van der Waals surface area contributed by atoms with E-state index >= 15 is 0 Å². The summed E-state index contributed by atoms with van der Waals surface area (Å²) in [4.78, 5) is 42.8. The second-order valence-corrected chi connectivity index (χ2v) is 6.95. The zero-order valence-electron chi connectivity index (χ0n) is 15.0. The molecule has 28 heavy (non-hydrogen) atoms. The van der Waals surface area contributed by atoms with Crippen molar-refractivity contribution < 1.29 is 14.3 Å². The summed E-state index contributed by atoms with van der Waals surface area (Å²) < 4.78 is 6.39. The maximum Gasteiger partial charge on any atom is 0.308 e. The number of hydrogen-bond donors (Lipinski definition) is 0. The molecule has 1 aromatic carbocycles. The Morgan fingerprint density at radius 3 is 2.61 bits per heavy atom. The van der Waals surface area contributed by atoms with E-state index in [9.17, 15) is 14.4 Å². The molecule has 0 unspecified atom stereocenters. The lowest BCUT2D eigenvalue weighted by Gasteiger charge is -2.28. The van der Waals surface area contributed by atoms with E-state index in [1.54, 1.807) is 41.3 Å². The lowest BCUT2D eigenvalue weighted by Crippen LogP contribution is -2.40. The van der Waals surface area contributed by atoms with E-state index in [1.807, 2.05) is 0 Å². The third kappa shape index (κ3) is 3.36. The molecule has 1 aliphatic rings. The predicted octanol–water partition coefficient (Wildman–Crippen LogP) is 2.47. The molecule has 7 nitrogen and oxygen atoms in total. The number of carbonyl (C=O) groups excluding carboxylic acids is 2. The minimum Gasteiger partial charge on any atom is -0.427 e. The van der Waals surface area contributed by atoms with E-state index in [-0.39, 0.29) is 18.0 Å². The molecule has 8 heteroatoms. The van der Waals surface area contributed by atoms with Crippen molar-refractivity contribution in [3.05, 3.63) is 74.8 Å². The molecule has 1 aliphatic heterocycles. The van der Waals surface area contributed by atoms with Crippen LogP contribution in [0.15, 0.2) is 47.4 Å². The van der Waals surface area contributed by atoms with Gasteiger partial charge < -0.3 is 9.64 Å². The molecule has 2 aromatic heterocycles. The van der Waals surface area contributed by atoms with Gasteiger partial charge in [0.1, 0.15) is 11.4 Å². The third-order valence-electron chi connectivity index (χ3n) is 4.58. The number of nitrogens with zero attached hydrogens (tertiary/aromatic N) is 3. The Morgan fingerprint density at radius 2 is 1.89 bits per heavy atom. The van der Waals surface area contributed by atoms with Gasteiger partial charge in [-0.2, -0.15) is 0 Å². The van der Waals surface area contributed by atoms with E-state index in [0.717, 1.165) is 0 Å². The van der Waals surface area contributed by atoms with Crippen LogP contribution in [0.2, 0.25) is 5.02 Å². The maximum absolute atomic E-state index is 12.9. The van der Waals surface area contributed by atoms with Crippen molar-refractivity contribution in [3.63, 3.8) is 0 Å². The van der Waals surface area contributed by atoms with Crippen molar-refractivity contribution in [2.45, 2.75) is 19.9 Å². The van der Waals surface area contributed by atoms with Crippen molar-refractivity contribution in [1.29, 1.82) is 0 Å². The summed E-state index contributed by atoms with van der Waals surface area (Å²) in [5.41, 5.74) is 1.98. The second kappa shape index (κ2) is 7.09. The zero-order chi connectivity index (χ0) is 19.8. The van der Waals surface area contributed by atoms with Crippen LogP contribution in [0.25, 0.3) is 5.65 Å². The number of ether oxygens (including phenoxy) is 1. The molecule has 142 valence electrons. The Bertz CT molecular complexity index is 1150. The summed E-state index contributed by atoms with van der Waals surface area (Å²) in [5.74, 6) is -0.249. The van der Waals surface area contributed by atoms with Gasteiger partial charge in [0.15, 0.2) is 0 Å². The fraction of sp³-hybridized carbons (Fsp3) is 0.200. The van der Waals surface area contributed by atoms with Gasteiger partial charge in [0.05, 0.1) is 22.8 Å². The molecule has 0 saturated heterocycles. The molecule has 0 N–H and O–H groups in total. The highest BCUT2D eigenvalue weighted by molar-refractivity contribution is 6.30. The predicted molar refractivity (Wildman–Crippen MR) is 103 cm³/mol. The highest BCUT2D eigenvalue weighted by atomic mass is 35.5. The monoisotopic (exact) mass is 397 g/mol. The molecule has 1 amide bonds. The molecule has 0 bridgehead atoms. The van der Waals surface area contributed by atoms with Crippen LogP contribution in [0.3, 0.4) is 0 Å². The van der Waals surface area contributed by atoms with Gasteiger partial charge in [-0.25, -0.2) is 4.98 Å². The molecule has 0 spiro atoms. The number of carbonyl (C=O) groups is 2. The maximum atomic E-state index is 12.9. The number of benzene rings is 1. The smallest absolute Gasteiger partial charge is 0.308 e. The van der Waals surface area contributed by atoms with Crippen LogP contribution >= 0.6 is 11.6 Å². The number of esters is 1. The number of aromatic nitrogens is 2. The van der Waals surface area contributed by atoms with E-state index in [0.29, 0.717) is 46.2 Å². The fourth-order valence-corrected chi connectivity index (χ4v) is 3.42. The Hall–Kier alpha value is -3.19. The van der Waals surface area contributed by atoms with Crippen molar-refractivity contribution in [2.75, 3.05) is 6.54 Å². The lowest BCUT2D eigenvalue weighted by atomic mass is 10.1. The molecule has 0 aliphatic carbocycles. The highest BCUT2D eigenvalue weighted by Crippen LogP contribution is 2.20. The molecule has 3 heterocycles. The van der Waals surface area contributed by atoms with Crippen LogP contribution < -0.4 is 10.3 Å². The minimum absolute atomic E-state index is 0.182. The van der Waals surface area contributed by atoms with Crippen molar-refractivity contribution >= 4 is 29.1 Å². The van der Waals surface area contributed by atoms with Gasteiger partial charge >= 0.3 is 5.97 Å². The van der Waals surface area contributed by atoms with Crippen LogP contribution in [-0.2, 0) is 17.8 Å². The second-order valence-electron chi connectivity index (χ2n) is 6.51. The molecule has 0 radical (unpaired) electrons. The van der Waals surface area contributed by atoms with Crippen LogP contribution in [0, 0.1) is 0 Å². The van der Waals surface area contributed by atoms with Gasteiger partial charge in [-0.3, -0.25) is 18.8 Å². The number of pyridine rings is 1. The summed E-state index contributed by atoms with van der Waals surface area (Å²) in [7, 11) is 0. The molecule has 0 atom stereocenters. The van der Waals surface area contributed by atoms with Gasteiger partial charge in [-0.05, 0) is 36.4 Å². The average molecular weight is 398 g/mol. The van der Waals surface area contributed by atoms with Crippen molar-refractivity contribution in [1.82, 2.24) is 14.3 Å². The quantitative estimate of drug-likeness (QED) is 0.490. The van der Waals surface area contributed by atoms with Crippen molar-refractivity contribution in [3.8, 4) is 5.75 Å².